The average molecular weight is 373 g/mol. The molecule has 4 heteroatoms. The van der Waals surface area contributed by atoms with E-state index in [1.54, 1.807) is 12.1 Å². The van der Waals surface area contributed by atoms with Crippen LogP contribution in [0.1, 0.15) is 48.9 Å². The Hall–Kier alpha value is -1.42. The molecule has 0 radical (unpaired) electrons. The van der Waals surface area contributed by atoms with E-state index in [2.05, 4.69) is 42.8 Å². The van der Waals surface area contributed by atoms with Gasteiger partial charge >= 0.3 is 0 Å². The summed E-state index contributed by atoms with van der Waals surface area (Å²) in [5, 5.41) is 0.795. The molecule has 0 saturated carbocycles. The molecule has 0 amide bonds. The van der Waals surface area contributed by atoms with Crippen LogP contribution in [0.4, 0.5) is 4.39 Å². The summed E-state index contributed by atoms with van der Waals surface area (Å²) < 4.78 is 13.4. The Labute approximate surface area is 160 Å². The van der Waals surface area contributed by atoms with Crippen molar-refractivity contribution in [2.24, 2.45) is 0 Å². The molecule has 0 bridgehead atoms. The second kappa shape index (κ2) is 6.95. The van der Waals surface area contributed by atoms with Crippen LogP contribution in [-0.4, -0.2) is 42.0 Å². The van der Waals surface area contributed by atoms with E-state index in [0.717, 1.165) is 24.5 Å². The van der Waals surface area contributed by atoms with Crippen molar-refractivity contribution in [2.75, 3.05) is 20.1 Å². The van der Waals surface area contributed by atoms with Crippen LogP contribution in [-0.2, 0) is 0 Å². The molecule has 4 rings (SSSR count). The summed E-state index contributed by atoms with van der Waals surface area (Å²) in [7, 11) is 2.22. The number of halogens is 2. The molecule has 0 spiro atoms. The first-order chi connectivity index (χ1) is 12.4. The predicted molar refractivity (Wildman–Crippen MR) is 105 cm³/mol. The van der Waals surface area contributed by atoms with E-state index in [0.29, 0.717) is 24.0 Å². The van der Waals surface area contributed by atoms with E-state index in [1.807, 2.05) is 18.2 Å². The van der Waals surface area contributed by atoms with Crippen LogP contribution in [0.2, 0.25) is 5.02 Å². The molecular weight excluding hydrogens is 347 g/mol. The van der Waals surface area contributed by atoms with Crippen molar-refractivity contribution < 1.29 is 4.39 Å². The van der Waals surface area contributed by atoms with Gasteiger partial charge in [-0.15, -0.1) is 0 Å². The molecule has 0 N–H and O–H groups in total. The molecule has 0 aromatic heterocycles. The van der Waals surface area contributed by atoms with Gasteiger partial charge in [-0.1, -0.05) is 29.8 Å². The monoisotopic (exact) mass is 372 g/mol. The molecule has 2 nitrogen and oxygen atoms in total. The molecule has 1 fully saturated rings. The minimum Gasteiger partial charge on any atom is -0.298 e. The van der Waals surface area contributed by atoms with Crippen LogP contribution in [0.25, 0.3) is 0 Å². The summed E-state index contributed by atoms with van der Waals surface area (Å²) in [6.45, 7) is 6.73. The lowest BCUT2D eigenvalue weighted by Gasteiger charge is -2.45. The van der Waals surface area contributed by atoms with Crippen molar-refractivity contribution in [3.63, 3.8) is 0 Å². The van der Waals surface area contributed by atoms with Crippen LogP contribution in [0.3, 0.4) is 0 Å². The van der Waals surface area contributed by atoms with Gasteiger partial charge in [0.05, 0.1) is 0 Å². The molecule has 4 atom stereocenters. The highest BCUT2D eigenvalue weighted by atomic mass is 35.5. The van der Waals surface area contributed by atoms with Gasteiger partial charge in [-0.2, -0.15) is 0 Å². The fraction of sp³-hybridized carbons (Fsp3) is 0.455. The first kappa shape index (κ1) is 18.0. The Morgan fingerprint density at radius 1 is 0.962 bits per heavy atom. The lowest BCUT2D eigenvalue weighted by atomic mass is 9.93. The Kier molecular flexibility index (Phi) is 4.81. The fourth-order valence-corrected chi connectivity index (χ4v) is 4.87. The van der Waals surface area contributed by atoms with Crippen LogP contribution in [0.5, 0.6) is 0 Å². The lowest BCUT2D eigenvalue weighted by molar-refractivity contribution is 0.0327. The highest BCUT2D eigenvalue weighted by Crippen LogP contribution is 2.48. The van der Waals surface area contributed by atoms with E-state index in [-0.39, 0.29) is 5.82 Å². The Morgan fingerprint density at radius 3 is 2.27 bits per heavy atom. The zero-order valence-corrected chi connectivity index (χ0v) is 16.4. The number of hydrogen-bond donors (Lipinski definition) is 0. The maximum Gasteiger partial charge on any atom is 0.123 e. The lowest BCUT2D eigenvalue weighted by Crippen LogP contribution is -2.55. The molecule has 1 aliphatic carbocycles. The summed E-state index contributed by atoms with van der Waals surface area (Å²) >= 11 is 6.35. The molecule has 4 unspecified atom stereocenters. The zero-order valence-electron chi connectivity index (χ0n) is 15.6. The number of nitrogens with zero attached hydrogens (tertiary/aromatic N) is 2. The number of hydrogen-bond acceptors (Lipinski definition) is 2. The van der Waals surface area contributed by atoms with Gasteiger partial charge in [0.25, 0.3) is 0 Å². The molecule has 138 valence electrons. The number of piperazine rings is 1. The quantitative estimate of drug-likeness (QED) is 0.725. The van der Waals surface area contributed by atoms with Crippen molar-refractivity contribution in [3.05, 3.63) is 70.0 Å². The summed E-state index contributed by atoms with van der Waals surface area (Å²) in [6.07, 6.45) is 1.03. The summed E-state index contributed by atoms with van der Waals surface area (Å²) in [4.78, 5) is 5.08. The topological polar surface area (TPSA) is 6.48 Å². The van der Waals surface area contributed by atoms with Gasteiger partial charge in [0.1, 0.15) is 5.82 Å². The Bertz CT molecular complexity index is 779. The summed E-state index contributed by atoms with van der Waals surface area (Å²) in [5.74, 6) is 0.125. The van der Waals surface area contributed by atoms with E-state index < -0.39 is 0 Å². The zero-order chi connectivity index (χ0) is 18.4. The molecule has 26 heavy (non-hydrogen) atoms. The average Bonchev–Trinajstić information content (AvgIpc) is 2.98. The highest BCUT2D eigenvalue weighted by Gasteiger charge is 2.39. The van der Waals surface area contributed by atoms with Crippen molar-refractivity contribution in [1.29, 1.82) is 0 Å². The second-order valence-corrected chi connectivity index (χ2v) is 8.38. The van der Waals surface area contributed by atoms with E-state index in [9.17, 15) is 4.39 Å². The minimum absolute atomic E-state index is 0.179. The van der Waals surface area contributed by atoms with E-state index in [1.165, 1.54) is 16.7 Å². The van der Waals surface area contributed by atoms with E-state index >= 15 is 0 Å². The Balaban J connectivity index is 1.69. The minimum atomic E-state index is -0.179. The fourth-order valence-electron chi connectivity index (χ4n) is 4.69. The Morgan fingerprint density at radius 2 is 1.62 bits per heavy atom. The maximum absolute atomic E-state index is 13.4. The van der Waals surface area contributed by atoms with Gasteiger partial charge in [-0.3, -0.25) is 9.80 Å². The number of rotatable bonds is 2. The molecule has 2 aliphatic rings. The third-order valence-corrected chi connectivity index (χ3v) is 6.58. The standard InChI is InChI=1S/C22H26ClFN2/c1-14-12-26(13-15(2)25(14)3)22-11-20(16-4-7-18(24)8-5-16)19-9-6-17(23)10-21(19)22/h4-10,14-15,20,22H,11-13H2,1-3H3. The number of benzene rings is 2. The smallest absolute Gasteiger partial charge is 0.123 e. The number of likely N-dealkylation sites (N-methyl/N-ethyl adjacent to an activating group) is 1. The van der Waals surface area contributed by atoms with Crippen molar-refractivity contribution >= 4 is 11.6 Å². The predicted octanol–water partition coefficient (Wildman–Crippen LogP) is 5.08. The van der Waals surface area contributed by atoms with Crippen LogP contribution < -0.4 is 0 Å². The molecule has 1 aliphatic heterocycles. The van der Waals surface area contributed by atoms with Crippen molar-refractivity contribution in [3.8, 4) is 0 Å². The second-order valence-electron chi connectivity index (χ2n) is 7.95. The van der Waals surface area contributed by atoms with Gasteiger partial charge in [0.2, 0.25) is 0 Å². The van der Waals surface area contributed by atoms with Gasteiger partial charge in [-0.25, -0.2) is 4.39 Å². The van der Waals surface area contributed by atoms with Crippen LogP contribution in [0, 0.1) is 5.82 Å². The third-order valence-electron chi connectivity index (χ3n) is 6.34. The van der Waals surface area contributed by atoms with Gasteiger partial charge in [-0.05, 0) is 68.3 Å². The molecule has 2 aromatic carbocycles. The highest BCUT2D eigenvalue weighted by molar-refractivity contribution is 6.30. The van der Waals surface area contributed by atoms with Gasteiger partial charge in [0.15, 0.2) is 0 Å². The van der Waals surface area contributed by atoms with Gasteiger partial charge in [0, 0.05) is 42.2 Å². The SMILES string of the molecule is CC1CN(C2CC(c3ccc(F)cc3)c3ccc(Cl)cc32)CC(C)N1C. The van der Waals surface area contributed by atoms with Crippen molar-refractivity contribution in [2.45, 2.75) is 44.3 Å². The first-order valence-corrected chi connectivity index (χ1v) is 9.82. The molecular formula is C22H26ClFN2. The van der Waals surface area contributed by atoms with Crippen LogP contribution >= 0.6 is 11.6 Å². The number of fused-ring (bicyclic) bond motifs is 1. The third kappa shape index (κ3) is 3.17. The van der Waals surface area contributed by atoms with Crippen LogP contribution in [0.15, 0.2) is 42.5 Å². The first-order valence-electron chi connectivity index (χ1n) is 9.45. The molecule has 1 heterocycles. The molecule has 1 saturated heterocycles. The van der Waals surface area contributed by atoms with Crippen molar-refractivity contribution in [1.82, 2.24) is 9.80 Å². The van der Waals surface area contributed by atoms with E-state index in [4.69, 9.17) is 11.6 Å². The maximum atomic E-state index is 13.4. The summed E-state index contributed by atoms with van der Waals surface area (Å²) in [5.41, 5.74) is 3.87. The summed E-state index contributed by atoms with van der Waals surface area (Å²) in [6, 6.07) is 14.7. The molecule has 2 aromatic rings. The largest absolute Gasteiger partial charge is 0.298 e. The van der Waals surface area contributed by atoms with Gasteiger partial charge < -0.3 is 0 Å². The normalized spacial score (nSPS) is 29.7.